The standard InChI is InChI=1S/C13H18N2/c1-15-10-4-8-13(15)7-2-5-12-6-3-9-14-11-12/h2-3,6-7,9,11,13H,4-5,8,10H2,1H3/b7-2+. The highest BCUT2D eigenvalue weighted by atomic mass is 15.1. The Bertz CT molecular complexity index is 319. The lowest BCUT2D eigenvalue weighted by Crippen LogP contribution is -2.22. The molecule has 1 aliphatic heterocycles. The highest BCUT2D eigenvalue weighted by Crippen LogP contribution is 2.15. The molecule has 0 aliphatic carbocycles. The second kappa shape index (κ2) is 5.08. The number of nitrogens with zero attached hydrogens (tertiary/aromatic N) is 2. The predicted molar refractivity (Wildman–Crippen MR) is 62.7 cm³/mol. The molecule has 0 N–H and O–H groups in total. The first kappa shape index (κ1) is 10.4. The number of likely N-dealkylation sites (N-methyl/N-ethyl adjacent to an activating group) is 1. The van der Waals surface area contributed by atoms with Gasteiger partial charge < -0.3 is 0 Å². The zero-order chi connectivity index (χ0) is 10.5. The normalized spacial score (nSPS) is 22.6. The Kier molecular flexibility index (Phi) is 3.51. The largest absolute Gasteiger partial charge is 0.300 e. The lowest BCUT2D eigenvalue weighted by Gasteiger charge is -2.14. The fraction of sp³-hybridized carbons (Fsp3) is 0.462. The van der Waals surface area contributed by atoms with Crippen LogP contribution in [-0.4, -0.2) is 29.5 Å². The minimum Gasteiger partial charge on any atom is -0.300 e. The maximum Gasteiger partial charge on any atom is 0.0303 e. The molecule has 80 valence electrons. The van der Waals surface area contributed by atoms with Gasteiger partial charge >= 0.3 is 0 Å². The fourth-order valence-electron chi connectivity index (χ4n) is 2.06. The molecule has 2 heteroatoms. The van der Waals surface area contributed by atoms with Gasteiger partial charge in [-0.15, -0.1) is 0 Å². The third-order valence-corrected chi connectivity index (χ3v) is 3.01. The van der Waals surface area contributed by atoms with E-state index in [0.29, 0.717) is 6.04 Å². The Morgan fingerprint density at radius 2 is 2.53 bits per heavy atom. The average Bonchev–Trinajstić information content (AvgIpc) is 2.66. The number of likely N-dealkylation sites (tertiary alicyclic amines) is 1. The summed E-state index contributed by atoms with van der Waals surface area (Å²) in [6.45, 7) is 1.24. The summed E-state index contributed by atoms with van der Waals surface area (Å²) < 4.78 is 0. The van der Waals surface area contributed by atoms with Gasteiger partial charge in [-0.1, -0.05) is 18.2 Å². The van der Waals surface area contributed by atoms with Crippen molar-refractivity contribution in [1.82, 2.24) is 9.88 Å². The third kappa shape index (κ3) is 2.90. The highest BCUT2D eigenvalue weighted by Gasteiger charge is 2.17. The van der Waals surface area contributed by atoms with E-state index >= 15 is 0 Å². The van der Waals surface area contributed by atoms with Crippen LogP contribution >= 0.6 is 0 Å². The highest BCUT2D eigenvalue weighted by molar-refractivity contribution is 5.13. The van der Waals surface area contributed by atoms with Gasteiger partial charge in [-0.3, -0.25) is 9.88 Å². The van der Waals surface area contributed by atoms with Crippen LogP contribution in [0.3, 0.4) is 0 Å². The van der Waals surface area contributed by atoms with E-state index in [-0.39, 0.29) is 0 Å². The van der Waals surface area contributed by atoms with Crippen molar-refractivity contribution < 1.29 is 0 Å². The summed E-state index contributed by atoms with van der Waals surface area (Å²) in [5, 5.41) is 0. The molecule has 1 saturated heterocycles. The molecule has 1 atom stereocenters. The summed E-state index contributed by atoms with van der Waals surface area (Å²) in [7, 11) is 2.20. The SMILES string of the molecule is CN1CCCC1/C=C/Cc1cccnc1. The molecule has 15 heavy (non-hydrogen) atoms. The molecule has 0 aromatic carbocycles. The maximum atomic E-state index is 4.11. The number of pyridine rings is 1. The van der Waals surface area contributed by atoms with Gasteiger partial charge in [-0.25, -0.2) is 0 Å². The number of hydrogen-bond acceptors (Lipinski definition) is 2. The topological polar surface area (TPSA) is 16.1 Å². The van der Waals surface area contributed by atoms with Crippen LogP contribution in [0.4, 0.5) is 0 Å². The van der Waals surface area contributed by atoms with E-state index in [2.05, 4.69) is 35.1 Å². The summed E-state index contributed by atoms with van der Waals surface area (Å²) in [5.74, 6) is 0. The van der Waals surface area contributed by atoms with Crippen LogP contribution in [0.15, 0.2) is 36.7 Å². The van der Waals surface area contributed by atoms with E-state index in [1.807, 2.05) is 18.5 Å². The number of rotatable bonds is 3. The molecular formula is C13H18N2. The van der Waals surface area contributed by atoms with Gasteiger partial charge in [0.25, 0.3) is 0 Å². The number of allylic oxidation sites excluding steroid dienone is 1. The molecule has 0 radical (unpaired) electrons. The van der Waals surface area contributed by atoms with Gasteiger partial charge in [0.05, 0.1) is 0 Å². The van der Waals surface area contributed by atoms with Crippen molar-refractivity contribution in [3.05, 3.63) is 42.2 Å². The maximum absolute atomic E-state index is 4.11. The van der Waals surface area contributed by atoms with Crippen LogP contribution < -0.4 is 0 Å². The van der Waals surface area contributed by atoms with Gasteiger partial charge in [0, 0.05) is 18.4 Å². The van der Waals surface area contributed by atoms with Crippen molar-refractivity contribution >= 4 is 0 Å². The summed E-state index contributed by atoms with van der Waals surface area (Å²) >= 11 is 0. The Morgan fingerprint density at radius 3 is 3.20 bits per heavy atom. The minimum absolute atomic E-state index is 0.654. The van der Waals surface area contributed by atoms with Crippen molar-refractivity contribution in [2.24, 2.45) is 0 Å². The van der Waals surface area contributed by atoms with Crippen molar-refractivity contribution in [2.75, 3.05) is 13.6 Å². The molecule has 1 fully saturated rings. The van der Waals surface area contributed by atoms with Gasteiger partial charge in [0.1, 0.15) is 0 Å². The molecule has 0 amide bonds. The van der Waals surface area contributed by atoms with Crippen LogP contribution in [0, 0.1) is 0 Å². The average molecular weight is 202 g/mol. The molecule has 1 unspecified atom stereocenters. The van der Waals surface area contributed by atoms with Crippen molar-refractivity contribution in [3.8, 4) is 0 Å². The lowest BCUT2D eigenvalue weighted by molar-refractivity contribution is 0.357. The van der Waals surface area contributed by atoms with Crippen LogP contribution in [0.1, 0.15) is 18.4 Å². The Morgan fingerprint density at radius 1 is 1.60 bits per heavy atom. The first-order valence-electron chi connectivity index (χ1n) is 5.62. The van der Waals surface area contributed by atoms with Crippen LogP contribution in [0.5, 0.6) is 0 Å². The Balaban J connectivity index is 1.85. The Labute approximate surface area is 91.6 Å². The van der Waals surface area contributed by atoms with E-state index < -0.39 is 0 Å². The third-order valence-electron chi connectivity index (χ3n) is 3.01. The Hall–Kier alpha value is -1.15. The second-order valence-corrected chi connectivity index (χ2v) is 4.18. The molecular weight excluding hydrogens is 184 g/mol. The molecule has 2 rings (SSSR count). The fourth-order valence-corrected chi connectivity index (χ4v) is 2.06. The van der Waals surface area contributed by atoms with Crippen LogP contribution in [0.2, 0.25) is 0 Å². The molecule has 1 aliphatic rings. The molecule has 0 saturated carbocycles. The smallest absolute Gasteiger partial charge is 0.0303 e. The zero-order valence-electron chi connectivity index (χ0n) is 9.26. The summed E-state index contributed by atoms with van der Waals surface area (Å²) in [5.41, 5.74) is 1.29. The molecule has 1 aromatic rings. The second-order valence-electron chi connectivity index (χ2n) is 4.18. The first-order valence-corrected chi connectivity index (χ1v) is 5.62. The summed E-state index contributed by atoms with van der Waals surface area (Å²) in [6, 6.07) is 4.77. The van der Waals surface area contributed by atoms with E-state index in [1.165, 1.54) is 24.9 Å². The predicted octanol–water partition coefficient (Wildman–Crippen LogP) is 2.27. The molecule has 2 nitrogen and oxygen atoms in total. The van der Waals surface area contributed by atoms with Crippen LogP contribution in [-0.2, 0) is 6.42 Å². The van der Waals surface area contributed by atoms with Crippen molar-refractivity contribution in [3.63, 3.8) is 0 Å². The summed E-state index contributed by atoms with van der Waals surface area (Å²) in [6.07, 6.45) is 12.0. The van der Waals surface area contributed by atoms with E-state index in [4.69, 9.17) is 0 Å². The molecule has 0 spiro atoms. The van der Waals surface area contributed by atoms with Gasteiger partial charge in [-0.05, 0) is 44.5 Å². The lowest BCUT2D eigenvalue weighted by atomic mass is 10.1. The monoisotopic (exact) mass is 202 g/mol. The van der Waals surface area contributed by atoms with E-state index in [9.17, 15) is 0 Å². The molecule has 2 heterocycles. The molecule has 0 bridgehead atoms. The van der Waals surface area contributed by atoms with Crippen molar-refractivity contribution in [2.45, 2.75) is 25.3 Å². The number of hydrogen-bond donors (Lipinski definition) is 0. The van der Waals surface area contributed by atoms with Crippen LogP contribution in [0.25, 0.3) is 0 Å². The summed E-state index contributed by atoms with van der Waals surface area (Å²) in [4.78, 5) is 6.52. The van der Waals surface area contributed by atoms with E-state index in [0.717, 1.165) is 6.42 Å². The first-order chi connectivity index (χ1) is 7.36. The van der Waals surface area contributed by atoms with Gasteiger partial charge in [0.15, 0.2) is 0 Å². The zero-order valence-corrected chi connectivity index (χ0v) is 9.26. The quantitative estimate of drug-likeness (QED) is 0.699. The van der Waals surface area contributed by atoms with Gasteiger partial charge in [0.2, 0.25) is 0 Å². The molecule has 1 aromatic heterocycles. The number of aromatic nitrogens is 1. The van der Waals surface area contributed by atoms with E-state index in [1.54, 1.807) is 0 Å². The van der Waals surface area contributed by atoms with Gasteiger partial charge in [-0.2, -0.15) is 0 Å². The van der Waals surface area contributed by atoms with Crippen molar-refractivity contribution in [1.29, 1.82) is 0 Å². The minimum atomic E-state index is 0.654.